The zero-order valence-electron chi connectivity index (χ0n) is 15.8. The van der Waals surface area contributed by atoms with Crippen LogP contribution in [0.5, 0.6) is 17.2 Å². The summed E-state index contributed by atoms with van der Waals surface area (Å²) in [5, 5.41) is 4.30. The highest BCUT2D eigenvalue weighted by atomic mass is 19.1. The largest absolute Gasteiger partial charge is 0.496 e. The molecule has 0 aliphatic carbocycles. The van der Waals surface area contributed by atoms with E-state index >= 15 is 0 Å². The number of rotatable bonds is 5. The Morgan fingerprint density at radius 1 is 1.00 bits per heavy atom. The summed E-state index contributed by atoms with van der Waals surface area (Å²) >= 11 is 0. The van der Waals surface area contributed by atoms with Gasteiger partial charge in [0.05, 0.1) is 24.2 Å². The number of H-pyrrole nitrogens is 1. The average Bonchev–Trinajstić information content (AvgIpc) is 2.76. The van der Waals surface area contributed by atoms with Crippen LogP contribution in [0.1, 0.15) is 5.56 Å². The highest BCUT2D eigenvalue weighted by molar-refractivity contribution is 5.84. The fourth-order valence-corrected chi connectivity index (χ4v) is 2.90. The lowest BCUT2D eigenvalue weighted by molar-refractivity contribution is 0.401. The van der Waals surface area contributed by atoms with Crippen molar-refractivity contribution in [1.29, 1.82) is 0 Å². The van der Waals surface area contributed by atoms with Crippen LogP contribution < -0.4 is 20.7 Å². The molecule has 0 fully saturated rings. The number of hydrogen-bond donors (Lipinski definition) is 1. The van der Waals surface area contributed by atoms with Crippen molar-refractivity contribution in [2.75, 3.05) is 7.11 Å². The number of hydrogen-bond acceptors (Lipinski definition) is 5. The standard InChI is InChI=1S/C22H16FN3O4/c1-29-19-12-17(23)20(30-15-7-3-2-4-8-15)11-14(19)13-24-26-21(27)16-9-5-6-10-18(16)25-22(26)28/h2-13H,1H3,(H,25,28). The fourth-order valence-electron chi connectivity index (χ4n) is 2.90. The molecule has 0 aliphatic heterocycles. The topological polar surface area (TPSA) is 85.7 Å². The fraction of sp³-hybridized carbons (Fsp3) is 0.0455. The highest BCUT2D eigenvalue weighted by Crippen LogP contribution is 2.30. The number of methoxy groups -OCH3 is 1. The molecule has 3 aromatic carbocycles. The molecule has 1 heterocycles. The summed E-state index contributed by atoms with van der Waals surface area (Å²) in [5.74, 6) is -0.0645. The molecule has 0 bridgehead atoms. The molecule has 0 amide bonds. The Balaban J connectivity index is 1.76. The summed E-state index contributed by atoms with van der Waals surface area (Å²) in [6.45, 7) is 0. The molecular weight excluding hydrogens is 389 g/mol. The van der Waals surface area contributed by atoms with Crippen molar-refractivity contribution in [3.63, 3.8) is 0 Å². The third-order valence-corrected chi connectivity index (χ3v) is 4.35. The third-order valence-electron chi connectivity index (χ3n) is 4.35. The van der Waals surface area contributed by atoms with Crippen molar-refractivity contribution in [2.24, 2.45) is 5.10 Å². The molecule has 0 spiro atoms. The Morgan fingerprint density at radius 3 is 2.50 bits per heavy atom. The maximum atomic E-state index is 14.4. The van der Waals surface area contributed by atoms with E-state index < -0.39 is 17.1 Å². The third kappa shape index (κ3) is 3.70. The van der Waals surface area contributed by atoms with Crippen LogP contribution >= 0.6 is 0 Å². The van der Waals surface area contributed by atoms with E-state index in [9.17, 15) is 14.0 Å². The summed E-state index contributed by atoms with van der Waals surface area (Å²) in [6, 6.07) is 17.8. The number of fused-ring (bicyclic) bond motifs is 1. The van der Waals surface area contributed by atoms with Crippen LogP contribution in [0.2, 0.25) is 0 Å². The molecule has 0 radical (unpaired) electrons. The molecular formula is C22H16FN3O4. The van der Waals surface area contributed by atoms with E-state index in [1.54, 1.807) is 48.5 Å². The second-order valence-corrected chi connectivity index (χ2v) is 6.28. The van der Waals surface area contributed by atoms with Crippen LogP contribution in [0.4, 0.5) is 4.39 Å². The molecule has 0 saturated heterocycles. The lowest BCUT2D eigenvalue weighted by Gasteiger charge is -2.10. The SMILES string of the molecule is COc1cc(F)c(Oc2ccccc2)cc1C=Nn1c(=O)[nH]c2ccccc2c1=O. The molecule has 150 valence electrons. The van der Waals surface area contributed by atoms with Crippen LogP contribution in [-0.4, -0.2) is 23.0 Å². The minimum Gasteiger partial charge on any atom is -0.496 e. The van der Waals surface area contributed by atoms with E-state index in [0.29, 0.717) is 26.9 Å². The number of aromatic amines is 1. The van der Waals surface area contributed by atoms with Gasteiger partial charge in [0.2, 0.25) is 0 Å². The minimum absolute atomic E-state index is 0.0526. The lowest BCUT2D eigenvalue weighted by atomic mass is 10.2. The van der Waals surface area contributed by atoms with E-state index in [2.05, 4.69) is 10.1 Å². The Bertz CT molecular complexity index is 1360. The molecule has 1 aromatic heterocycles. The normalized spacial score (nSPS) is 11.1. The average molecular weight is 405 g/mol. The quantitative estimate of drug-likeness (QED) is 0.515. The molecule has 7 nitrogen and oxygen atoms in total. The van der Waals surface area contributed by atoms with E-state index in [1.165, 1.54) is 19.4 Å². The number of halogens is 1. The Labute approximate surface area is 169 Å². The Morgan fingerprint density at radius 2 is 1.73 bits per heavy atom. The molecule has 0 aliphatic rings. The molecule has 0 atom stereocenters. The number of nitrogens with one attached hydrogen (secondary N) is 1. The van der Waals surface area contributed by atoms with Gasteiger partial charge in [-0.1, -0.05) is 30.3 Å². The van der Waals surface area contributed by atoms with Gasteiger partial charge in [-0.2, -0.15) is 5.10 Å². The summed E-state index contributed by atoms with van der Waals surface area (Å²) in [6.07, 6.45) is 1.24. The zero-order valence-corrected chi connectivity index (χ0v) is 15.8. The van der Waals surface area contributed by atoms with Crippen LogP contribution in [0.15, 0.2) is 81.4 Å². The maximum absolute atomic E-state index is 14.4. The lowest BCUT2D eigenvalue weighted by Crippen LogP contribution is -2.32. The summed E-state index contributed by atoms with van der Waals surface area (Å²) in [5.41, 5.74) is -0.537. The molecule has 30 heavy (non-hydrogen) atoms. The number of nitrogens with zero attached hydrogens (tertiary/aromatic N) is 2. The van der Waals surface area contributed by atoms with E-state index in [1.807, 2.05) is 6.07 Å². The first-order chi connectivity index (χ1) is 14.6. The van der Waals surface area contributed by atoms with Crippen molar-refractivity contribution in [3.05, 3.63) is 98.9 Å². The number of para-hydroxylation sites is 2. The van der Waals surface area contributed by atoms with Crippen LogP contribution in [0, 0.1) is 5.82 Å². The smallest absolute Gasteiger partial charge is 0.349 e. The van der Waals surface area contributed by atoms with Crippen molar-refractivity contribution in [3.8, 4) is 17.2 Å². The minimum atomic E-state index is -0.697. The van der Waals surface area contributed by atoms with E-state index in [-0.39, 0.29) is 11.5 Å². The predicted octanol–water partition coefficient (Wildman–Crippen LogP) is 3.51. The van der Waals surface area contributed by atoms with Crippen LogP contribution in [0.3, 0.4) is 0 Å². The Hall–Kier alpha value is -4.20. The first-order valence-corrected chi connectivity index (χ1v) is 8.95. The number of ether oxygens (including phenoxy) is 2. The summed E-state index contributed by atoms with van der Waals surface area (Å²) in [4.78, 5) is 27.5. The highest BCUT2D eigenvalue weighted by Gasteiger charge is 2.12. The van der Waals surface area contributed by atoms with Gasteiger partial charge in [-0.15, -0.1) is 4.68 Å². The van der Waals surface area contributed by atoms with Gasteiger partial charge in [0, 0.05) is 11.6 Å². The van der Waals surface area contributed by atoms with E-state index in [4.69, 9.17) is 9.47 Å². The molecule has 1 N–H and O–H groups in total. The molecule has 0 unspecified atom stereocenters. The van der Waals surface area contributed by atoms with Gasteiger partial charge < -0.3 is 14.5 Å². The molecule has 4 aromatic rings. The Kier molecular flexibility index (Phi) is 5.13. The molecule has 8 heteroatoms. The monoisotopic (exact) mass is 405 g/mol. The van der Waals surface area contributed by atoms with Gasteiger partial charge in [-0.3, -0.25) is 4.79 Å². The van der Waals surface area contributed by atoms with Gasteiger partial charge in [0.1, 0.15) is 11.5 Å². The van der Waals surface area contributed by atoms with Gasteiger partial charge >= 0.3 is 5.69 Å². The molecule has 4 rings (SSSR count). The van der Waals surface area contributed by atoms with Crippen molar-refractivity contribution >= 4 is 17.1 Å². The zero-order chi connectivity index (χ0) is 21.1. The van der Waals surface area contributed by atoms with Crippen LogP contribution in [-0.2, 0) is 0 Å². The first kappa shape index (κ1) is 19.1. The maximum Gasteiger partial charge on any atom is 0.349 e. The first-order valence-electron chi connectivity index (χ1n) is 8.95. The van der Waals surface area contributed by atoms with E-state index in [0.717, 1.165) is 6.07 Å². The summed E-state index contributed by atoms with van der Waals surface area (Å²) in [7, 11) is 1.37. The van der Waals surface area contributed by atoms with Gasteiger partial charge in [0.15, 0.2) is 11.6 Å². The van der Waals surface area contributed by atoms with Crippen molar-refractivity contribution in [1.82, 2.24) is 9.66 Å². The molecule has 0 saturated carbocycles. The van der Waals surface area contributed by atoms with Gasteiger partial charge in [-0.25, -0.2) is 9.18 Å². The predicted molar refractivity (Wildman–Crippen MR) is 111 cm³/mol. The second kappa shape index (κ2) is 8.04. The van der Waals surface area contributed by atoms with Crippen LogP contribution in [0.25, 0.3) is 10.9 Å². The van der Waals surface area contributed by atoms with Crippen molar-refractivity contribution in [2.45, 2.75) is 0 Å². The van der Waals surface area contributed by atoms with Crippen molar-refractivity contribution < 1.29 is 13.9 Å². The number of benzene rings is 3. The second-order valence-electron chi connectivity index (χ2n) is 6.28. The van der Waals surface area contributed by atoms with Gasteiger partial charge in [-0.05, 0) is 30.3 Å². The number of aromatic nitrogens is 2. The summed E-state index contributed by atoms with van der Waals surface area (Å²) < 4.78 is 25.9. The van der Waals surface area contributed by atoms with Gasteiger partial charge in [0.25, 0.3) is 5.56 Å².